The molecule has 176 valence electrons. The summed E-state index contributed by atoms with van der Waals surface area (Å²) >= 11 is 0. The second-order valence-electron chi connectivity index (χ2n) is 7.62. The standard InChI is InChI=1S/C24H38N2O4.CH4/c1-6-26(7-2)18-24(28)30-21-15-14-20(16-22(21)29-5)17-25-23(27)13-11-9-8-10-12-19(3)4;/h10,12,14-16,19H,6-9,11,13,17-18H2,1-5H3,(H,25,27);1H4/b12-10+;. The molecule has 0 aromatic heterocycles. The minimum Gasteiger partial charge on any atom is -0.493 e. The van der Waals surface area contributed by atoms with Gasteiger partial charge in [0, 0.05) is 13.0 Å². The molecule has 6 nitrogen and oxygen atoms in total. The van der Waals surface area contributed by atoms with Gasteiger partial charge in [0.25, 0.3) is 0 Å². The lowest BCUT2D eigenvalue weighted by atomic mass is 10.1. The van der Waals surface area contributed by atoms with E-state index < -0.39 is 0 Å². The summed E-state index contributed by atoms with van der Waals surface area (Å²) in [5, 5.41) is 2.93. The van der Waals surface area contributed by atoms with Crippen LogP contribution in [0.2, 0.25) is 0 Å². The monoisotopic (exact) mass is 434 g/mol. The molecule has 31 heavy (non-hydrogen) atoms. The molecule has 0 atom stereocenters. The normalized spacial score (nSPS) is 10.9. The lowest BCUT2D eigenvalue weighted by Gasteiger charge is -2.17. The zero-order chi connectivity index (χ0) is 22.4. The average molecular weight is 435 g/mol. The number of allylic oxidation sites excluding steroid dienone is 2. The van der Waals surface area contributed by atoms with Crippen LogP contribution in [0.3, 0.4) is 0 Å². The van der Waals surface area contributed by atoms with Gasteiger partial charge < -0.3 is 14.8 Å². The SMILES string of the molecule is C.CCN(CC)CC(=O)Oc1ccc(CNC(=O)CCCC/C=C/C(C)C)cc1OC. The first kappa shape index (κ1) is 28.7. The van der Waals surface area contributed by atoms with Crippen LogP contribution in [0, 0.1) is 5.92 Å². The number of hydrogen-bond acceptors (Lipinski definition) is 5. The third-order valence-electron chi connectivity index (χ3n) is 4.73. The molecule has 1 aromatic carbocycles. The van der Waals surface area contributed by atoms with Crippen molar-refractivity contribution in [1.82, 2.24) is 10.2 Å². The zero-order valence-electron chi connectivity index (χ0n) is 19.2. The van der Waals surface area contributed by atoms with E-state index in [2.05, 4.69) is 31.3 Å². The van der Waals surface area contributed by atoms with Crippen molar-refractivity contribution in [2.24, 2.45) is 5.92 Å². The third kappa shape index (κ3) is 12.2. The van der Waals surface area contributed by atoms with Crippen LogP contribution in [0.5, 0.6) is 11.5 Å². The summed E-state index contributed by atoms with van der Waals surface area (Å²) < 4.78 is 10.8. The van der Waals surface area contributed by atoms with Gasteiger partial charge in [0.15, 0.2) is 11.5 Å². The molecule has 0 aliphatic carbocycles. The van der Waals surface area contributed by atoms with E-state index in [0.29, 0.717) is 30.4 Å². The van der Waals surface area contributed by atoms with Crippen molar-refractivity contribution < 1.29 is 19.1 Å². The zero-order valence-corrected chi connectivity index (χ0v) is 19.2. The Hall–Kier alpha value is -2.34. The Labute approximate surface area is 189 Å². The molecule has 0 aliphatic rings. The molecule has 1 rings (SSSR count). The number of ether oxygens (including phenoxy) is 2. The van der Waals surface area contributed by atoms with Gasteiger partial charge in [0.1, 0.15) is 0 Å². The van der Waals surface area contributed by atoms with E-state index in [1.807, 2.05) is 24.8 Å². The van der Waals surface area contributed by atoms with Crippen LogP contribution in [0.25, 0.3) is 0 Å². The van der Waals surface area contributed by atoms with Gasteiger partial charge in [-0.25, -0.2) is 0 Å². The van der Waals surface area contributed by atoms with Crippen molar-refractivity contribution in [2.75, 3.05) is 26.7 Å². The molecule has 0 heterocycles. The van der Waals surface area contributed by atoms with Crippen molar-refractivity contribution in [3.05, 3.63) is 35.9 Å². The topological polar surface area (TPSA) is 67.9 Å². The molecule has 0 fully saturated rings. The van der Waals surface area contributed by atoms with Gasteiger partial charge in [-0.1, -0.05) is 53.3 Å². The van der Waals surface area contributed by atoms with Crippen molar-refractivity contribution in [3.63, 3.8) is 0 Å². The Kier molecular flexibility index (Phi) is 15.1. The first-order chi connectivity index (χ1) is 14.4. The number of hydrogen-bond donors (Lipinski definition) is 1. The highest BCUT2D eigenvalue weighted by Gasteiger charge is 2.13. The fraction of sp³-hybridized carbons (Fsp3) is 0.600. The first-order valence-electron chi connectivity index (χ1n) is 10.9. The minimum atomic E-state index is -0.318. The highest BCUT2D eigenvalue weighted by atomic mass is 16.6. The summed E-state index contributed by atoms with van der Waals surface area (Å²) in [6.45, 7) is 10.5. The van der Waals surface area contributed by atoms with Crippen LogP contribution >= 0.6 is 0 Å². The Morgan fingerprint density at radius 2 is 1.84 bits per heavy atom. The molecule has 0 saturated heterocycles. The number of carbonyl (C=O) groups excluding carboxylic acids is 2. The smallest absolute Gasteiger partial charge is 0.325 e. The van der Waals surface area contributed by atoms with Gasteiger partial charge in [-0.15, -0.1) is 0 Å². The van der Waals surface area contributed by atoms with Crippen molar-refractivity contribution in [1.29, 1.82) is 0 Å². The number of unbranched alkanes of at least 4 members (excludes halogenated alkanes) is 2. The van der Waals surface area contributed by atoms with Crippen molar-refractivity contribution in [2.45, 2.75) is 67.3 Å². The number of nitrogens with one attached hydrogen (secondary N) is 1. The number of likely N-dealkylation sites (N-methyl/N-ethyl adjacent to an activating group) is 1. The third-order valence-corrected chi connectivity index (χ3v) is 4.73. The molecule has 6 heteroatoms. The average Bonchev–Trinajstić information content (AvgIpc) is 2.73. The van der Waals surface area contributed by atoms with E-state index in [-0.39, 0.29) is 25.8 Å². The van der Waals surface area contributed by atoms with Crippen LogP contribution in [0.1, 0.15) is 66.4 Å². The predicted molar refractivity (Wildman–Crippen MR) is 127 cm³/mol. The largest absolute Gasteiger partial charge is 0.493 e. The summed E-state index contributed by atoms with van der Waals surface area (Å²) in [5.74, 6) is 1.16. The summed E-state index contributed by atoms with van der Waals surface area (Å²) in [5.41, 5.74) is 0.892. The van der Waals surface area contributed by atoms with E-state index in [0.717, 1.165) is 37.9 Å². The summed E-state index contributed by atoms with van der Waals surface area (Å²) in [6.07, 6.45) is 7.80. The van der Waals surface area contributed by atoms with Gasteiger partial charge in [-0.05, 0) is 56.0 Å². The maximum Gasteiger partial charge on any atom is 0.325 e. The Morgan fingerprint density at radius 3 is 2.45 bits per heavy atom. The Bertz CT molecular complexity index is 682. The highest BCUT2D eigenvalue weighted by molar-refractivity contribution is 5.76. The molecular formula is C25H42N2O4. The molecule has 0 radical (unpaired) electrons. The van der Waals surface area contributed by atoms with Crippen LogP contribution in [0.4, 0.5) is 0 Å². The molecule has 0 spiro atoms. The maximum atomic E-state index is 12.1. The predicted octanol–water partition coefficient (Wildman–Crippen LogP) is 4.97. The summed E-state index contributed by atoms with van der Waals surface area (Å²) in [6, 6.07) is 5.33. The van der Waals surface area contributed by atoms with E-state index >= 15 is 0 Å². The molecule has 1 aromatic rings. The lowest BCUT2D eigenvalue weighted by molar-refractivity contribution is -0.135. The number of amides is 1. The van der Waals surface area contributed by atoms with Crippen molar-refractivity contribution >= 4 is 11.9 Å². The van der Waals surface area contributed by atoms with Gasteiger partial charge in [-0.2, -0.15) is 0 Å². The molecule has 0 saturated carbocycles. The second-order valence-corrected chi connectivity index (χ2v) is 7.62. The van der Waals surface area contributed by atoms with E-state index in [4.69, 9.17) is 9.47 Å². The number of esters is 1. The molecule has 1 N–H and O–H groups in total. The van der Waals surface area contributed by atoms with E-state index in [1.165, 1.54) is 7.11 Å². The number of carbonyl (C=O) groups is 2. The molecule has 0 aliphatic heterocycles. The Morgan fingerprint density at radius 1 is 1.13 bits per heavy atom. The van der Waals surface area contributed by atoms with Crippen LogP contribution in [-0.4, -0.2) is 43.5 Å². The van der Waals surface area contributed by atoms with Gasteiger partial charge in [-0.3, -0.25) is 14.5 Å². The summed E-state index contributed by atoms with van der Waals surface area (Å²) in [4.78, 5) is 26.2. The van der Waals surface area contributed by atoms with Crippen molar-refractivity contribution in [3.8, 4) is 11.5 Å². The Balaban J connectivity index is 0.00000900. The van der Waals surface area contributed by atoms with Crippen LogP contribution in [0.15, 0.2) is 30.4 Å². The number of benzene rings is 1. The quantitative estimate of drug-likeness (QED) is 0.194. The van der Waals surface area contributed by atoms with Crippen LogP contribution in [-0.2, 0) is 16.1 Å². The van der Waals surface area contributed by atoms with Gasteiger partial charge >= 0.3 is 5.97 Å². The molecule has 0 unspecified atom stereocenters. The van der Waals surface area contributed by atoms with Crippen LogP contribution < -0.4 is 14.8 Å². The first-order valence-corrected chi connectivity index (χ1v) is 10.9. The van der Waals surface area contributed by atoms with Gasteiger partial charge in [0.2, 0.25) is 5.91 Å². The highest BCUT2D eigenvalue weighted by Crippen LogP contribution is 2.28. The molecular weight excluding hydrogens is 392 g/mol. The number of methoxy groups -OCH3 is 1. The van der Waals surface area contributed by atoms with E-state index in [1.54, 1.807) is 12.1 Å². The molecule has 1 amide bonds. The maximum absolute atomic E-state index is 12.1. The van der Waals surface area contributed by atoms with Gasteiger partial charge in [0.05, 0.1) is 13.7 Å². The second kappa shape index (κ2) is 16.4. The lowest BCUT2D eigenvalue weighted by Crippen LogP contribution is -2.32. The molecule has 0 bridgehead atoms. The number of rotatable bonds is 14. The van der Waals surface area contributed by atoms with E-state index in [9.17, 15) is 9.59 Å². The fourth-order valence-electron chi connectivity index (χ4n) is 2.90. The minimum absolute atomic E-state index is 0. The fourth-order valence-corrected chi connectivity index (χ4v) is 2.90. The summed E-state index contributed by atoms with van der Waals surface area (Å²) in [7, 11) is 1.53. The number of nitrogens with zero attached hydrogens (tertiary/aromatic N) is 1.